The largest absolute Gasteiger partial charge is 0.466 e. The van der Waals surface area contributed by atoms with Crippen molar-refractivity contribution in [2.45, 2.75) is 66.7 Å². The zero-order valence-corrected chi connectivity index (χ0v) is 23.5. The van der Waals surface area contributed by atoms with E-state index in [1.807, 2.05) is 54.8 Å². The highest BCUT2D eigenvalue weighted by Crippen LogP contribution is 2.38. The van der Waals surface area contributed by atoms with Gasteiger partial charge in [-0.25, -0.2) is 0 Å². The average Bonchev–Trinajstić information content (AvgIpc) is 3.29. The number of aromatic amines is 1. The van der Waals surface area contributed by atoms with Crippen LogP contribution in [0.15, 0.2) is 79.2 Å². The van der Waals surface area contributed by atoms with Crippen molar-refractivity contribution < 1.29 is 14.3 Å². The molecule has 0 aliphatic carbocycles. The summed E-state index contributed by atoms with van der Waals surface area (Å²) in [5.41, 5.74) is 6.77. The van der Waals surface area contributed by atoms with Crippen LogP contribution in [0.5, 0.6) is 0 Å². The Hall–Kier alpha value is -3.86. The van der Waals surface area contributed by atoms with Gasteiger partial charge in [-0.1, -0.05) is 82.9 Å². The first-order valence-electron chi connectivity index (χ1n) is 13.5. The number of aromatic nitrogens is 1. The molecular weight excluding hydrogens is 472 g/mol. The van der Waals surface area contributed by atoms with Crippen molar-refractivity contribution in [3.63, 3.8) is 0 Å². The third kappa shape index (κ3) is 8.91. The van der Waals surface area contributed by atoms with Crippen molar-refractivity contribution in [3.05, 3.63) is 90.4 Å². The predicted octanol–water partition coefficient (Wildman–Crippen LogP) is 8.60. The summed E-state index contributed by atoms with van der Waals surface area (Å²) in [6, 6.07) is 16.0. The molecule has 0 saturated carbocycles. The first-order chi connectivity index (χ1) is 18.3. The van der Waals surface area contributed by atoms with Gasteiger partial charge in [0.25, 0.3) is 0 Å². The van der Waals surface area contributed by atoms with E-state index < -0.39 is 0 Å². The lowest BCUT2D eigenvalue weighted by Gasteiger charge is -2.15. The Morgan fingerprint density at radius 3 is 2.13 bits per heavy atom. The van der Waals surface area contributed by atoms with Gasteiger partial charge >= 0.3 is 5.97 Å². The van der Waals surface area contributed by atoms with Gasteiger partial charge in [0.1, 0.15) is 0 Å². The average molecular weight is 515 g/mol. The number of H-pyrrole nitrogens is 1. The van der Waals surface area contributed by atoms with Crippen LogP contribution >= 0.6 is 0 Å². The van der Waals surface area contributed by atoms with E-state index in [0.29, 0.717) is 12.2 Å². The van der Waals surface area contributed by atoms with Gasteiger partial charge in [0.15, 0.2) is 5.78 Å². The second kappa shape index (κ2) is 16.1. The first-order valence-corrected chi connectivity index (χ1v) is 13.5. The lowest BCUT2D eigenvalue weighted by Crippen LogP contribution is -2.09. The summed E-state index contributed by atoms with van der Waals surface area (Å²) in [5.74, 6) is -0.146. The van der Waals surface area contributed by atoms with Crippen molar-refractivity contribution in [1.29, 1.82) is 0 Å². The Kier molecular flexibility index (Phi) is 12.8. The van der Waals surface area contributed by atoms with Crippen LogP contribution in [-0.4, -0.2) is 23.3 Å². The van der Waals surface area contributed by atoms with Crippen molar-refractivity contribution in [1.82, 2.24) is 10.3 Å². The summed E-state index contributed by atoms with van der Waals surface area (Å²) < 4.78 is 4.40. The topological polar surface area (TPSA) is 71.2 Å². The highest BCUT2D eigenvalue weighted by Gasteiger charge is 2.19. The number of allylic oxidation sites excluding steroid dienone is 3. The molecule has 1 aliphatic rings. The van der Waals surface area contributed by atoms with Crippen LogP contribution in [0, 0.1) is 0 Å². The number of hydrogen-bond donors (Lipinski definition) is 2. The third-order valence-electron chi connectivity index (χ3n) is 6.03. The van der Waals surface area contributed by atoms with Crippen LogP contribution < -0.4 is 5.32 Å². The fourth-order valence-corrected chi connectivity index (χ4v) is 4.10. The fraction of sp³-hybridized carbons (Fsp3) is 0.333. The van der Waals surface area contributed by atoms with Crippen LogP contribution in [0.25, 0.3) is 27.6 Å². The Morgan fingerprint density at radius 1 is 0.921 bits per heavy atom. The normalized spacial score (nSPS) is 11.9. The Labute approximate surface area is 227 Å². The van der Waals surface area contributed by atoms with E-state index in [2.05, 4.69) is 47.6 Å². The predicted molar refractivity (Wildman–Crippen MR) is 160 cm³/mol. The van der Waals surface area contributed by atoms with Gasteiger partial charge in [0, 0.05) is 46.4 Å². The van der Waals surface area contributed by atoms with Crippen LogP contribution in [0.3, 0.4) is 0 Å². The minimum Gasteiger partial charge on any atom is -0.466 e. The molecule has 0 saturated heterocycles. The molecule has 0 spiro atoms. The smallest absolute Gasteiger partial charge is 0.302 e. The van der Waals surface area contributed by atoms with E-state index >= 15 is 0 Å². The number of esters is 1. The molecule has 0 unspecified atom stereocenters. The third-order valence-corrected chi connectivity index (χ3v) is 6.03. The van der Waals surface area contributed by atoms with E-state index in [1.165, 1.54) is 39.0 Å². The SMILES string of the molecule is C=C1NC=CC=C1c1[nH]c2ccc(C(C)=O)cc2c1-c1ccccc1.CCCCCCC.CCOC(C)=O. The summed E-state index contributed by atoms with van der Waals surface area (Å²) in [5, 5.41) is 4.20. The summed E-state index contributed by atoms with van der Waals surface area (Å²) in [7, 11) is 0. The lowest BCUT2D eigenvalue weighted by atomic mass is 9.95. The molecule has 5 nitrogen and oxygen atoms in total. The van der Waals surface area contributed by atoms with Gasteiger partial charge in [-0.15, -0.1) is 0 Å². The minimum atomic E-state index is -0.211. The summed E-state index contributed by atoms with van der Waals surface area (Å²) >= 11 is 0. The highest BCUT2D eigenvalue weighted by atomic mass is 16.5. The molecule has 5 heteroatoms. The Bertz CT molecular complexity index is 1260. The number of dihydropyridines is 1. The molecular formula is C33H42N2O3. The second-order valence-electron chi connectivity index (χ2n) is 9.11. The maximum absolute atomic E-state index is 11.8. The van der Waals surface area contributed by atoms with Gasteiger partial charge in [0.05, 0.1) is 12.3 Å². The van der Waals surface area contributed by atoms with Crippen molar-refractivity contribution in [2.75, 3.05) is 6.61 Å². The number of nitrogens with one attached hydrogen (secondary N) is 2. The number of ketones is 1. The number of rotatable bonds is 8. The van der Waals surface area contributed by atoms with E-state index in [9.17, 15) is 9.59 Å². The highest BCUT2D eigenvalue weighted by molar-refractivity contribution is 6.07. The van der Waals surface area contributed by atoms with E-state index in [4.69, 9.17) is 0 Å². The van der Waals surface area contributed by atoms with Crippen LogP contribution in [0.1, 0.15) is 82.8 Å². The Morgan fingerprint density at radius 2 is 1.61 bits per heavy atom. The molecule has 2 aromatic carbocycles. The van der Waals surface area contributed by atoms with E-state index in [1.54, 1.807) is 13.8 Å². The first kappa shape index (κ1) is 30.4. The molecule has 1 aromatic heterocycles. The molecule has 38 heavy (non-hydrogen) atoms. The molecule has 1 aliphatic heterocycles. The quantitative estimate of drug-likeness (QED) is 0.179. The number of benzene rings is 2. The Balaban J connectivity index is 0.000000325. The lowest BCUT2D eigenvalue weighted by molar-refractivity contribution is -0.140. The number of Topliss-reactive ketones (excluding diaryl/α,β-unsaturated/α-hetero) is 1. The molecule has 2 N–H and O–H groups in total. The zero-order valence-electron chi connectivity index (χ0n) is 23.5. The minimum absolute atomic E-state index is 0.0644. The van der Waals surface area contributed by atoms with Gasteiger partial charge < -0.3 is 15.0 Å². The number of unbranched alkanes of at least 4 members (excludes halogenated alkanes) is 4. The van der Waals surface area contributed by atoms with Crippen LogP contribution in [0.2, 0.25) is 0 Å². The van der Waals surface area contributed by atoms with Gasteiger partial charge in [-0.2, -0.15) is 0 Å². The second-order valence-corrected chi connectivity index (χ2v) is 9.11. The summed E-state index contributed by atoms with van der Waals surface area (Å²) in [6.45, 7) is 13.9. The van der Waals surface area contributed by atoms with Crippen LogP contribution in [0.4, 0.5) is 0 Å². The van der Waals surface area contributed by atoms with Gasteiger partial charge in [-0.05, 0) is 49.8 Å². The summed E-state index contributed by atoms with van der Waals surface area (Å²) in [4.78, 5) is 25.2. The monoisotopic (exact) mass is 514 g/mol. The van der Waals surface area contributed by atoms with Crippen molar-refractivity contribution >= 4 is 28.2 Å². The molecule has 0 radical (unpaired) electrons. The number of ether oxygens (including phenoxy) is 1. The van der Waals surface area contributed by atoms with Crippen molar-refractivity contribution in [3.8, 4) is 11.1 Å². The molecule has 0 bridgehead atoms. The van der Waals surface area contributed by atoms with Crippen LogP contribution in [-0.2, 0) is 9.53 Å². The standard InChI is InChI=1S/C22H18N2O.C7H16.C4H8O2/c1-14-18(9-6-12-23-14)22-21(16-7-4-3-5-8-16)19-13-17(15(2)25)10-11-20(19)24-22;1-3-5-7-6-4-2;1-3-6-4(2)5/h3-13,23-24H,1H2,2H3;3-7H2,1-2H3;3H2,1-2H3. The maximum Gasteiger partial charge on any atom is 0.302 e. The number of fused-ring (bicyclic) bond motifs is 1. The molecule has 202 valence electrons. The molecule has 0 atom stereocenters. The summed E-state index contributed by atoms with van der Waals surface area (Å²) in [6.07, 6.45) is 12.9. The molecule has 2 heterocycles. The van der Waals surface area contributed by atoms with Gasteiger partial charge in [-0.3, -0.25) is 9.59 Å². The molecule has 3 aromatic rings. The number of carbonyl (C=O) groups is 2. The fourth-order valence-electron chi connectivity index (χ4n) is 4.10. The van der Waals surface area contributed by atoms with Crippen molar-refractivity contribution in [2.24, 2.45) is 0 Å². The number of carbonyl (C=O) groups excluding carboxylic acids is 2. The van der Waals surface area contributed by atoms with Gasteiger partial charge in [0.2, 0.25) is 0 Å². The van der Waals surface area contributed by atoms with E-state index in [0.717, 1.165) is 39.0 Å². The number of hydrogen-bond acceptors (Lipinski definition) is 4. The zero-order chi connectivity index (χ0) is 27.9. The molecule has 0 fully saturated rings. The maximum atomic E-state index is 11.8. The molecule has 4 rings (SSSR count). The molecule has 0 amide bonds. The van der Waals surface area contributed by atoms with E-state index in [-0.39, 0.29) is 11.8 Å².